The van der Waals surface area contributed by atoms with E-state index in [4.69, 9.17) is 0 Å². The highest BCUT2D eigenvalue weighted by molar-refractivity contribution is 7.11. The van der Waals surface area contributed by atoms with Crippen LogP contribution in [0.4, 0.5) is 13.2 Å². The zero-order valence-electron chi connectivity index (χ0n) is 16.0. The number of hydrogen-bond acceptors (Lipinski definition) is 5. The first-order valence-corrected chi connectivity index (χ1v) is 9.69. The van der Waals surface area contributed by atoms with E-state index in [9.17, 15) is 18.3 Å². The average Bonchev–Trinajstić information content (AvgIpc) is 3.22. The summed E-state index contributed by atoms with van der Waals surface area (Å²) in [4.78, 5) is 13.2. The second-order valence-corrected chi connectivity index (χ2v) is 7.59. The molecule has 2 rings (SSSR count). The van der Waals surface area contributed by atoms with Crippen molar-refractivity contribution in [2.24, 2.45) is 12.0 Å². The van der Waals surface area contributed by atoms with Crippen LogP contribution in [0.5, 0.6) is 0 Å². The van der Waals surface area contributed by atoms with Gasteiger partial charge in [-0.05, 0) is 13.8 Å². The van der Waals surface area contributed by atoms with Gasteiger partial charge in [0, 0.05) is 63.0 Å². The Morgan fingerprint density at radius 2 is 2.07 bits per heavy atom. The molecule has 1 unspecified atom stereocenters. The minimum Gasteiger partial charge on any atom is -0.374 e. The number of aliphatic hydroxyl groups is 1. The van der Waals surface area contributed by atoms with Crippen LogP contribution in [0.25, 0.3) is 0 Å². The third-order valence-corrected chi connectivity index (χ3v) is 5.02. The van der Waals surface area contributed by atoms with Gasteiger partial charge in [0.25, 0.3) is 0 Å². The summed E-state index contributed by atoms with van der Waals surface area (Å²) in [5, 5.41) is 17.4. The van der Waals surface area contributed by atoms with Crippen molar-refractivity contribution in [3.05, 3.63) is 34.3 Å². The predicted molar refractivity (Wildman–Crippen MR) is 102 cm³/mol. The molecular weight excluding hydrogens is 393 g/mol. The van der Waals surface area contributed by atoms with Crippen LogP contribution < -0.4 is 10.6 Å². The quantitative estimate of drug-likeness (QED) is 0.452. The second-order valence-electron chi connectivity index (χ2n) is 6.27. The molecule has 0 fully saturated rings. The van der Waals surface area contributed by atoms with Crippen molar-refractivity contribution < 1.29 is 18.3 Å². The molecule has 1 atom stereocenters. The molecule has 11 heteroatoms. The van der Waals surface area contributed by atoms with E-state index in [1.807, 2.05) is 13.8 Å². The molecule has 3 N–H and O–H groups in total. The number of nitrogens with zero attached hydrogens (tertiary/aromatic N) is 4. The van der Waals surface area contributed by atoms with E-state index in [1.54, 1.807) is 17.5 Å². The van der Waals surface area contributed by atoms with Crippen molar-refractivity contribution in [2.75, 3.05) is 19.6 Å². The Bertz CT molecular complexity index is 788. The summed E-state index contributed by atoms with van der Waals surface area (Å²) in [5.41, 5.74) is -3.06. The predicted octanol–water partition coefficient (Wildman–Crippen LogP) is 2.12. The van der Waals surface area contributed by atoms with Crippen LogP contribution in [0.2, 0.25) is 0 Å². The zero-order chi connectivity index (χ0) is 20.8. The van der Waals surface area contributed by atoms with Crippen LogP contribution in [0.3, 0.4) is 0 Å². The second kappa shape index (κ2) is 9.37. The standard InChI is InChI=1S/C17H25F3N6OS/c1-4-21-15(23-7-5-13-25-11-12(2)28-13)24-8-6-16(27,17(18,19)20)14-22-9-10-26(14)3/h9-11,27H,4-8H2,1-3H3,(H2,21,23,24). The first kappa shape index (κ1) is 22.2. The first-order chi connectivity index (χ1) is 13.2. The fraction of sp³-hybridized carbons (Fsp3) is 0.588. The fourth-order valence-electron chi connectivity index (χ4n) is 2.62. The molecule has 156 valence electrons. The summed E-state index contributed by atoms with van der Waals surface area (Å²) in [7, 11) is 1.41. The van der Waals surface area contributed by atoms with E-state index >= 15 is 0 Å². The number of alkyl halides is 3. The first-order valence-electron chi connectivity index (χ1n) is 8.87. The number of imidazole rings is 1. The molecule has 28 heavy (non-hydrogen) atoms. The highest BCUT2D eigenvalue weighted by Crippen LogP contribution is 2.40. The minimum absolute atomic E-state index is 0.228. The number of rotatable bonds is 8. The Balaban J connectivity index is 2.01. The molecule has 0 aliphatic carbocycles. The van der Waals surface area contributed by atoms with E-state index in [0.717, 1.165) is 14.5 Å². The maximum Gasteiger partial charge on any atom is 0.424 e. The molecule has 0 saturated carbocycles. The summed E-state index contributed by atoms with van der Waals surface area (Å²) < 4.78 is 41.7. The van der Waals surface area contributed by atoms with Crippen LogP contribution in [-0.4, -0.2) is 51.4 Å². The number of aliphatic imine (C=N–C) groups is 1. The zero-order valence-corrected chi connectivity index (χ0v) is 16.9. The molecule has 0 spiro atoms. The number of nitrogens with one attached hydrogen (secondary N) is 2. The molecule has 0 saturated heterocycles. The van der Waals surface area contributed by atoms with E-state index in [-0.39, 0.29) is 6.54 Å². The molecular formula is C17H25F3N6OS. The highest BCUT2D eigenvalue weighted by atomic mass is 32.1. The van der Waals surface area contributed by atoms with Gasteiger partial charge in [-0.1, -0.05) is 0 Å². The summed E-state index contributed by atoms with van der Waals surface area (Å²) in [6, 6.07) is 0. The van der Waals surface area contributed by atoms with Gasteiger partial charge in [0.05, 0.1) is 5.01 Å². The lowest BCUT2D eigenvalue weighted by molar-refractivity contribution is -0.272. The van der Waals surface area contributed by atoms with Gasteiger partial charge in [-0.25, -0.2) is 9.97 Å². The molecule has 0 radical (unpaired) electrons. The van der Waals surface area contributed by atoms with Crippen molar-refractivity contribution >= 4 is 17.3 Å². The SMILES string of the molecule is CCNC(=NCCC(O)(c1nccn1C)C(F)(F)F)NCCc1ncc(C)s1. The molecule has 7 nitrogen and oxygen atoms in total. The van der Waals surface area contributed by atoms with Crippen molar-refractivity contribution in [1.82, 2.24) is 25.2 Å². The maximum atomic E-state index is 13.5. The van der Waals surface area contributed by atoms with Gasteiger partial charge in [0.2, 0.25) is 5.60 Å². The summed E-state index contributed by atoms with van der Waals surface area (Å²) in [5.74, 6) is -0.0626. The van der Waals surface area contributed by atoms with E-state index < -0.39 is 24.0 Å². The van der Waals surface area contributed by atoms with Crippen LogP contribution in [-0.2, 0) is 19.1 Å². The van der Waals surface area contributed by atoms with Crippen LogP contribution in [0.1, 0.15) is 29.1 Å². The molecule has 0 bridgehead atoms. The van der Waals surface area contributed by atoms with Crippen molar-refractivity contribution in [3.8, 4) is 0 Å². The summed E-state index contributed by atoms with van der Waals surface area (Å²) >= 11 is 1.60. The van der Waals surface area contributed by atoms with E-state index in [0.29, 0.717) is 25.5 Å². The van der Waals surface area contributed by atoms with Gasteiger partial charge in [-0.2, -0.15) is 13.2 Å². The Labute approximate surface area is 165 Å². The molecule has 0 aliphatic rings. The number of halogens is 3. The Morgan fingerprint density at radius 1 is 1.32 bits per heavy atom. The number of guanidine groups is 1. The largest absolute Gasteiger partial charge is 0.424 e. The molecule has 0 aliphatic heterocycles. The third-order valence-electron chi connectivity index (χ3n) is 4.05. The molecule has 2 heterocycles. The Kier molecular flexibility index (Phi) is 7.41. The van der Waals surface area contributed by atoms with Gasteiger partial charge in [-0.15, -0.1) is 11.3 Å². The van der Waals surface area contributed by atoms with Gasteiger partial charge in [0.15, 0.2) is 5.96 Å². The Morgan fingerprint density at radius 3 is 2.61 bits per heavy atom. The number of aromatic nitrogens is 3. The number of aryl methyl sites for hydroxylation is 2. The van der Waals surface area contributed by atoms with E-state index in [2.05, 4.69) is 25.6 Å². The maximum absolute atomic E-state index is 13.5. The molecule has 2 aromatic rings. The van der Waals surface area contributed by atoms with E-state index in [1.165, 1.54) is 19.4 Å². The smallest absolute Gasteiger partial charge is 0.374 e. The summed E-state index contributed by atoms with van der Waals surface area (Å²) in [6.45, 7) is 4.71. The van der Waals surface area contributed by atoms with Gasteiger partial charge < -0.3 is 20.3 Å². The molecule has 0 aromatic carbocycles. The fourth-order valence-corrected chi connectivity index (χ4v) is 3.41. The third kappa shape index (κ3) is 5.44. The monoisotopic (exact) mass is 418 g/mol. The van der Waals surface area contributed by atoms with Crippen LogP contribution in [0, 0.1) is 6.92 Å². The summed E-state index contributed by atoms with van der Waals surface area (Å²) in [6.07, 6.45) is -0.431. The lowest BCUT2D eigenvalue weighted by Crippen LogP contribution is -2.45. The van der Waals surface area contributed by atoms with Gasteiger partial charge in [0.1, 0.15) is 5.82 Å². The Hall–Kier alpha value is -2.14. The topological polar surface area (TPSA) is 87.4 Å². The number of hydrogen-bond donors (Lipinski definition) is 3. The number of thiazole rings is 1. The minimum atomic E-state index is -4.86. The van der Waals surface area contributed by atoms with Crippen molar-refractivity contribution in [2.45, 2.75) is 38.5 Å². The highest BCUT2D eigenvalue weighted by Gasteiger charge is 2.57. The van der Waals surface area contributed by atoms with Crippen molar-refractivity contribution in [3.63, 3.8) is 0 Å². The average molecular weight is 418 g/mol. The van der Waals surface area contributed by atoms with Gasteiger partial charge >= 0.3 is 6.18 Å². The lowest BCUT2D eigenvalue weighted by atomic mass is 9.98. The molecule has 0 amide bonds. The van der Waals surface area contributed by atoms with Crippen LogP contribution in [0.15, 0.2) is 23.6 Å². The lowest BCUT2D eigenvalue weighted by Gasteiger charge is -2.29. The van der Waals surface area contributed by atoms with Crippen molar-refractivity contribution in [1.29, 1.82) is 0 Å². The normalized spacial score (nSPS) is 14.8. The van der Waals surface area contributed by atoms with Crippen LogP contribution >= 0.6 is 11.3 Å². The molecule has 2 aromatic heterocycles. The van der Waals surface area contributed by atoms with Gasteiger partial charge in [-0.3, -0.25) is 4.99 Å².